The van der Waals surface area contributed by atoms with Gasteiger partial charge in [-0.2, -0.15) is 0 Å². The molecule has 2 heterocycles. The van der Waals surface area contributed by atoms with E-state index in [1.165, 1.54) is 18.9 Å². The summed E-state index contributed by atoms with van der Waals surface area (Å²) in [6.07, 6.45) is 0.532. The number of nitrogens with one attached hydrogen (secondary N) is 2. The van der Waals surface area contributed by atoms with Crippen LogP contribution in [0.2, 0.25) is 0 Å². The van der Waals surface area contributed by atoms with Crippen LogP contribution in [0, 0.1) is 0 Å². The molecule has 2 amide bonds. The number of methoxy groups -OCH3 is 1. The zero-order valence-corrected chi connectivity index (χ0v) is 18.6. The highest BCUT2D eigenvalue weighted by Crippen LogP contribution is 2.29. The number of amides is 2. The highest BCUT2D eigenvalue weighted by atomic mass is 16.5. The van der Waals surface area contributed by atoms with Gasteiger partial charge in [0.25, 0.3) is 11.8 Å². The third kappa shape index (κ3) is 6.16. The Kier molecular flexibility index (Phi) is 7.74. The molecule has 0 fully saturated rings. The number of hydrogen-bond donors (Lipinski definition) is 2. The van der Waals surface area contributed by atoms with Crippen LogP contribution in [0.1, 0.15) is 28.9 Å². The molecule has 10 nitrogen and oxygen atoms in total. The number of benzene rings is 2. The van der Waals surface area contributed by atoms with Gasteiger partial charge in [0.2, 0.25) is 5.82 Å². The van der Waals surface area contributed by atoms with E-state index in [2.05, 4.69) is 25.2 Å². The van der Waals surface area contributed by atoms with Gasteiger partial charge in [-0.15, -0.1) is 10.2 Å². The Balaban J connectivity index is 0.000000555. The van der Waals surface area contributed by atoms with Gasteiger partial charge in [-0.25, -0.2) is 0 Å². The van der Waals surface area contributed by atoms with Gasteiger partial charge < -0.3 is 24.7 Å². The summed E-state index contributed by atoms with van der Waals surface area (Å²) in [6.45, 7) is 1.40. The number of fused-ring (bicyclic) bond motifs is 1. The van der Waals surface area contributed by atoms with Crippen molar-refractivity contribution >= 4 is 23.5 Å². The fourth-order valence-corrected chi connectivity index (χ4v) is 3.05. The first-order valence-corrected chi connectivity index (χ1v) is 10.2. The Morgan fingerprint density at radius 2 is 1.82 bits per heavy atom. The van der Waals surface area contributed by atoms with E-state index < -0.39 is 11.9 Å². The molecule has 0 saturated heterocycles. The van der Waals surface area contributed by atoms with E-state index in [-0.39, 0.29) is 24.3 Å². The summed E-state index contributed by atoms with van der Waals surface area (Å²) in [4.78, 5) is 39.2. The molecule has 1 atom stereocenters. The number of nitrogens with zero attached hydrogens (tertiary/aromatic N) is 3. The van der Waals surface area contributed by atoms with Gasteiger partial charge in [0.1, 0.15) is 24.2 Å². The quantitative estimate of drug-likeness (QED) is 0.579. The van der Waals surface area contributed by atoms with Gasteiger partial charge in [-0.05, 0) is 17.7 Å². The van der Waals surface area contributed by atoms with E-state index in [1.54, 1.807) is 19.2 Å². The van der Waals surface area contributed by atoms with Crippen LogP contribution in [0.3, 0.4) is 0 Å². The SMILES string of the molecule is CN1C(=O)[C@@H](NC(=O)c2nnc(Cc3ccccc3)[nH]2)COc2ccccc21.COC(C)=O. The maximum absolute atomic E-state index is 12.7. The first-order chi connectivity index (χ1) is 15.9. The minimum Gasteiger partial charge on any atom is -0.489 e. The molecule has 2 N–H and O–H groups in total. The maximum atomic E-state index is 12.7. The number of carbonyl (C=O) groups excluding carboxylic acids is 3. The first kappa shape index (κ1) is 23.5. The van der Waals surface area contributed by atoms with Crippen LogP contribution in [0.5, 0.6) is 5.75 Å². The fourth-order valence-electron chi connectivity index (χ4n) is 3.05. The molecule has 10 heteroatoms. The molecule has 1 aliphatic heterocycles. The molecule has 0 radical (unpaired) electrons. The summed E-state index contributed by atoms with van der Waals surface area (Å²) < 4.78 is 9.81. The van der Waals surface area contributed by atoms with Crippen molar-refractivity contribution in [1.29, 1.82) is 0 Å². The fraction of sp³-hybridized carbons (Fsp3) is 0.261. The summed E-state index contributed by atoms with van der Waals surface area (Å²) in [6, 6.07) is 16.2. The number of anilines is 1. The number of hydrogen-bond acceptors (Lipinski definition) is 7. The summed E-state index contributed by atoms with van der Waals surface area (Å²) in [5, 5.41) is 10.6. The molecular weight excluding hydrogens is 426 g/mol. The highest BCUT2D eigenvalue weighted by molar-refractivity contribution is 6.02. The Bertz CT molecular complexity index is 1120. The molecule has 4 rings (SSSR count). The summed E-state index contributed by atoms with van der Waals surface area (Å²) >= 11 is 0. The van der Waals surface area contributed by atoms with Crippen molar-refractivity contribution in [2.24, 2.45) is 0 Å². The standard InChI is InChI=1S/C20H19N5O3.C3H6O2/c1-25-15-9-5-6-10-16(15)28-12-14(20(25)27)21-19(26)18-22-17(23-24-18)11-13-7-3-2-4-8-13;1-3(4)5-2/h2-10,14H,11-12H2,1H3,(H,21,26)(H,22,23,24);1-2H3/t14-;/m0./s1. The molecule has 0 spiro atoms. The normalized spacial score (nSPS) is 14.7. The van der Waals surface area contributed by atoms with E-state index in [0.717, 1.165) is 5.56 Å². The number of H-pyrrole nitrogens is 1. The van der Waals surface area contributed by atoms with Crippen LogP contribution in [0.25, 0.3) is 0 Å². The third-order valence-corrected chi connectivity index (χ3v) is 4.82. The highest BCUT2D eigenvalue weighted by Gasteiger charge is 2.31. The van der Waals surface area contributed by atoms with Gasteiger partial charge in [-0.1, -0.05) is 42.5 Å². The minimum atomic E-state index is -0.826. The number of likely N-dealkylation sites (N-methyl/N-ethyl adjacent to an activating group) is 1. The largest absolute Gasteiger partial charge is 0.489 e. The van der Waals surface area contributed by atoms with Crippen LogP contribution in [-0.4, -0.2) is 59.8 Å². The molecule has 0 unspecified atom stereocenters. The second kappa shape index (κ2) is 10.9. The number of para-hydroxylation sites is 2. The maximum Gasteiger partial charge on any atom is 0.302 e. The number of rotatable bonds is 4. The lowest BCUT2D eigenvalue weighted by atomic mass is 10.1. The van der Waals surface area contributed by atoms with E-state index >= 15 is 0 Å². The van der Waals surface area contributed by atoms with Gasteiger partial charge in [-0.3, -0.25) is 14.4 Å². The molecule has 2 aromatic carbocycles. The average Bonchev–Trinajstić information content (AvgIpc) is 3.26. The van der Waals surface area contributed by atoms with Gasteiger partial charge in [0.05, 0.1) is 12.8 Å². The Hall–Kier alpha value is -4.21. The van der Waals surface area contributed by atoms with E-state index in [4.69, 9.17) is 4.74 Å². The zero-order valence-electron chi connectivity index (χ0n) is 18.6. The van der Waals surface area contributed by atoms with Crippen LogP contribution in [-0.2, 0) is 20.7 Å². The van der Waals surface area contributed by atoms with Crippen molar-refractivity contribution in [2.75, 3.05) is 25.7 Å². The van der Waals surface area contributed by atoms with Crippen molar-refractivity contribution < 1.29 is 23.9 Å². The summed E-state index contributed by atoms with van der Waals surface area (Å²) in [7, 11) is 3.00. The monoisotopic (exact) mass is 451 g/mol. The van der Waals surface area contributed by atoms with Gasteiger partial charge in [0.15, 0.2) is 0 Å². The first-order valence-electron chi connectivity index (χ1n) is 10.2. The molecule has 1 aliphatic rings. The number of aromatic nitrogens is 3. The van der Waals surface area contributed by atoms with Crippen molar-refractivity contribution in [1.82, 2.24) is 20.5 Å². The second-order valence-corrected chi connectivity index (χ2v) is 7.18. The molecule has 3 aromatic rings. The van der Waals surface area contributed by atoms with Crippen molar-refractivity contribution in [2.45, 2.75) is 19.4 Å². The predicted octanol–water partition coefficient (Wildman–Crippen LogP) is 1.73. The third-order valence-electron chi connectivity index (χ3n) is 4.82. The Morgan fingerprint density at radius 3 is 2.52 bits per heavy atom. The molecule has 1 aromatic heterocycles. The number of carbonyl (C=O) groups is 3. The average molecular weight is 451 g/mol. The van der Waals surface area contributed by atoms with E-state index in [0.29, 0.717) is 23.7 Å². The molecule has 0 saturated carbocycles. The topological polar surface area (TPSA) is 127 Å². The van der Waals surface area contributed by atoms with Crippen LogP contribution in [0.15, 0.2) is 54.6 Å². The molecule has 172 valence electrons. The van der Waals surface area contributed by atoms with Gasteiger partial charge in [0, 0.05) is 20.4 Å². The van der Waals surface area contributed by atoms with Gasteiger partial charge >= 0.3 is 5.97 Å². The summed E-state index contributed by atoms with van der Waals surface area (Å²) in [5.41, 5.74) is 1.71. The van der Waals surface area contributed by atoms with Crippen LogP contribution < -0.4 is 15.0 Å². The minimum absolute atomic E-state index is 0.0386. The number of aromatic amines is 1. The van der Waals surface area contributed by atoms with Crippen molar-refractivity contribution in [3.8, 4) is 5.75 Å². The number of ether oxygens (including phenoxy) is 2. The predicted molar refractivity (Wildman–Crippen MR) is 120 cm³/mol. The smallest absolute Gasteiger partial charge is 0.302 e. The van der Waals surface area contributed by atoms with Crippen LogP contribution in [0.4, 0.5) is 5.69 Å². The summed E-state index contributed by atoms with van der Waals surface area (Å²) in [5.74, 6) is 0.216. The lowest BCUT2D eigenvalue weighted by Crippen LogP contribution is -2.49. The Labute approximate surface area is 190 Å². The molecular formula is C23H25N5O5. The molecule has 0 bridgehead atoms. The Morgan fingerprint density at radius 1 is 1.15 bits per heavy atom. The van der Waals surface area contributed by atoms with E-state index in [1.807, 2.05) is 42.5 Å². The molecule has 0 aliphatic carbocycles. The van der Waals surface area contributed by atoms with Crippen molar-refractivity contribution in [3.63, 3.8) is 0 Å². The number of esters is 1. The second-order valence-electron chi connectivity index (χ2n) is 7.18. The molecule has 33 heavy (non-hydrogen) atoms. The van der Waals surface area contributed by atoms with Crippen molar-refractivity contribution in [3.05, 3.63) is 71.8 Å². The lowest BCUT2D eigenvalue weighted by molar-refractivity contribution is -0.137. The zero-order chi connectivity index (χ0) is 23.8. The lowest BCUT2D eigenvalue weighted by Gasteiger charge is -2.19. The van der Waals surface area contributed by atoms with Crippen LogP contribution >= 0.6 is 0 Å². The van der Waals surface area contributed by atoms with E-state index in [9.17, 15) is 14.4 Å².